The first-order valence-corrected chi connectivity index (χ1v) is 13.6. The summed E-state index contributed by atoms with van der Waals surface area (Å²) in [6, 6.07) is 26.1. The monoisotopic (exact) mass is 529 g/mol. The number of rotatable bonds is 7. The lowest BCUT2D eigenvalue weighted by atomic mass is 9.95. The molecule has 0 spiro atoms. The minimum atomic E-state index is -0.130. The van der Waals surface area contributed by atoms with Gasteiger partial charge in [-0.1, -0.05) is 66.7 Å². The van der Waals surface area contributed by atoms with Crippen LogP contribution >= 0.6 is 0 Å². The molecule has 0 bridgehead atoms. The van der Waals surface area contributed by atoms with Crippen LogP contribution in [0.2, 0.25) is 0 Å². The maximum atomic E-state index is 14.1. The number of nitrogens with one attached hydrogen (secondary N) is 1. The Balaban J connectivity index is 1.26. The molecule has 1 saturated heterocycles. The molecule has 0 aliphatic carbocycles. The SMILES string of the molecule is Cc1ccc(N(CN=C(c2ccccc2)c2ccccc2)C(=O)C2CCN(c3ncnc4[nH]ccc34)CC2)nc1. The van der Waals surface area contributed by atoms with Crippen molar-refractivity contribution in [1.29, 1.82) is 0 Å². The van der Waals surface area contributed by atoms with Crippen molar-refractivity contribution < 1.29 is 4.79 Å². The molecule has 1 fully saturated rings. The molecule has 4 heterocycles. The molecular weight excluding hydrogens is 498 g/mol. The maximum absolute atomic E-state index is 14.1. The van der Waals surface area contributed by atoms with Crippen molar-refractivity contribution in [2.24, 2.45) is 10.9 Å². The third kappa shape index (κ3) is 5.33. The number of amides is 1. The number of hydrogen-bond acceptors (Lipinski definition) is 6. The van der Waals surface area contributed by atoms with Crippen molar-refractivity contribution in [1.82, 2.24) is 19.9 Å². The van der Waals surface area contributed by atoms with Gasteiger partial charge in [0.05, 0.1) is 11.1 Å². The number of aryl methyl sites for hydroxylation is 1. The number of carbonyl (C=O) groups is 1. The number of nitrogens with zero attached hydrogens (tertiary/aromatic N) is 6. The van der Waals surface area contributed by atoms with E-state index < -0.39 is 0 Å². The Labute approximate surface area is 233 Å². The second-order valence-corrected chi connectivity index (χ2v) is 10.0. The first kappa shape index (κ1) is 25.4. The van der Waals surface area contributed by atoms with Crippen LogP contribution in [0.5, 0.6) is 0 Å². The fourth-order valence-electron chi connectivity index (χ4n) is 5.23. The topological polar surface area (TPSA) is 90.4 Å². The number of anilines is 2. The lowest BCUT2D eigenvalue weighted by Gasteiger charge is -2.34. The second-order valence-electron chi connectivity index (χ2n) is 10.0. The van der Waals surface area contributed by atoms with Gasteiger partial charge in [-0.15, -0.1) is 0 Å². The molecule has 1 N–H and O–H groups in total. The molecule has 8 nitrogen and oxygen atoms in total. The van der Waals surface area contributed by atoms with Crippen molar-refractivity contribution in [2.75, 3.05) is 29.6 Å². The van der Waals surface area contributed by atoms with E-state index in [9.17, 15) is 4.79 Å². The third-order valence-corrected chi connectivity index (χ3v) is 7.38. The Morgan fingerprint density at radius 3 is 2.27 bits per heavy atom. The van der Waals surface area contributed by atoms with E-state index in [4.69, 9.17) is 4.99 Å². The fraction of sp³-hybridized carbons (Fsp3) is 0.219. The highest BCUT2D eigenvalue weighted by Crippen LogP contribution is 2.29. The molecule has 0 atom stereocenters. The van der Waals surface area contributed by atoms with Crippen LogP contribution in [-0.4, -0.2) is 51.3 Å². The molecule has 0 unspecified atom stereocenters. The van der Waals surface area contributed by atoms with Crippen LogP contribution in [-0.2, 0) is 4.79 Å². The predicted octanol–water partition coefficient (Wildman–Crippen LogP) is 5.41. The second kappa shape index (κ2) is 11.5. The Morgan fingerprint density at radius 2 is 1.62 bits per heavy atom. The van der Waals surface area contributed by atoms with E-state index in [-0.39, 0.29) is 18.5 Å². The Bertz CT molecular complexity index is 1560. The predicted molar refractivity (Wildman–Crippen MR) is 159 cm³/mol. The largest absolute Gasteiger partial charge is 0.356 e. The van der Waals surface area contributed by atoms with E-state index in [0.29, 0.717) is 5.82 Å². The van der Waals surface area contributed by atoms with E-state index in [1.165, 1.54) is 0 Å². The molecule has 0 radical (unpaired) electrons. The van der Waals surface area contributed by atoms with Gasteiger partial charge < -0.3 is 9.88 Å². The number of hydrogen-bond donors (Lipinski definition) is 1. The summed E-state index contributed by atoms with van der Waals surface area (Å²) in [6.07, 6.45) is 6.72. The van der Waals surface area contributed by atoms with Crippen LogP contribution in [0.1, 0.15) is 29.5 Å². The number of aromatic amines is 1. The summed E-state index contributed by atoms with van der Waals surface area (Å²) in [7, 11) is 0. The number of carbonyl (C=O) groups excluding carboxylic acids is 1. The Kier molecular flexibility index (Phi) is 7.30. The van der Waals surface area contributed by atoms with Gasteiger partial charge in [0.1, 0.15) is 30.3 Å². The van der Waals surface area contributed by atoms with Gasteiger partial charge in [0.25, 0.3) is 0 Å². The van der Waals surface area contributed by atoms with Crippen LogP contribution < -0.4 is 9.80 Å². The van der Waals surface area contributed by atoms with Gasteiger partial charge in [0.2, 0.25) is 5.91 Å². The molecule has 200 valence electrons. The molecular formula is C32H31N7O. The van der Waals surface area contributed by atoms with E-state index in [1.54, 1.807) is 17.4 Å². The summed E-state index contributed by atoms with van der Waals surface area (Å²) >= 11 is 0. The minimum absolute atomic E-state index is 0.0507. The maximum Gasteiger partial charge on any atom is 0.232 e. The average molecular weight is 530 g/mol. The quantitative estimate of drug-likeness (QED) is 0.285. The molecule has 40 heavy (non-hydrogen) atoms. The van der Waals surface area contributed by atoms with E-state index in [2.05, 4.69) is 24.8 Å². The van der Waals surface area contributed by atoms with Gasteiger partial charge in [-0.25, -0.2) is 15.0 Å². The van der Waals surface area contributed by atoms with Crippen molar-refractivity contribution in [3.8, 4) is 0 Å². The van der Waals surface area contributed by atoms with Crippen molar-refractivity contribution in [3.63, 3.8) is 0 Å². The first-order valence-electron chi connectivity index (χ1n) is 13.6. The van der Waals surface area contributed by atoms with Crippen LogP contribution in [0.3, 0.4) is 0 Å². The summed E-state index contributed by atoms with van der Waals surface area (Å²) in [6.45, 7) is 3.66. The van der Waals surface area contributed by atoms with Crippen molar-refractivity contribution >= 4 is 34.3 Å². The lowest BCUT2D eigenvalue weighted by molar-refractivity contribution is -0.123. The zero-order valence-corrected chi connectivity index (χ0v) is 22.4. The standard InChI is InChI=1S/C32H31N7O/c1-23-12-13-28(34-20-23)39(22-37-29(24-8-4-2-5-9-24)25-10-6-3-7-11-25)32(40)26-15-18-38(19-16-26)31-27-14-17-33-30(27)35-21-36-31/h2-14,17,20-21,26H,15-16,18-19,22H2,1H3,(H,33,35,36). The molecule has 1 aliphatic rings. The molecule has 1 amide bonds. The highest BCUT2D eigenvalue weighted by atomic mass is 16.2. The molecule has 5 aromatic rings. The van der Waals surface area contributed by atoms with Gasteiger partial charge in [-0.3, -0.25) is 14.7 Å². The highest BCUT2D eigenvalue weighted by Gasteiger charge is 2.31. The summed E-state index contributed by atoms with van der Waals surface area (Å²) in [5, 5.41) is 1.00. The van der Waals surface area contributed by atoms with E-state index in [1.807, 2.05) is 92.0 Å². The minimum Gasteiger partial charge on any atom is -0.356 e. The zero-order valence-electron chi connectivity index (χ0n) is 22.4. The summed E-state index contributed by atoms with van der Waals surface area (Å²) < 4.78 is 0. The lowest BCUT2D eigenvalue weighted by Crippen LogP contribution is -2.43. The molecule has 6 rings (SSSR count). The summed E-state index contributed by atoms with van der Waals surface area (Å²) in [4.78, 5) is 39.7. The number of H-pyrrole nitrogens is 1. The number of piperidine rings is 1. The van der Waals surface area contributed by atoms with Gasteiger partial charge in [-0.05, 0) is 37.5 Å². The van der Waals surface area contributed by atoms with E-state index in [0.717, 1.165) is 65.2 Å². The average Bonchev–Trinajstić information content (AvgIpc) is 3.50. The number of pyridine rings is 1. The number of fused-ring (bicyclic) bond motifs is 1. The van der Waals surface area contributed by atoms with Crippen molar-refractivity contribution in [2.45, 2.75) is 19.8 Å². The normalized spacial score (nSPS) is 13.8. The zero-order chi connectivity index (χ0) is 27.3. The number of aromatic nitrogens is 4. The Hall–Kier alpha value is -4.85. The van der Waals surface area contributed by atoms with Gasteiger partial charge in [0, 0.05) is 42.5 Å². The third-order valence-electron chi connectivity index (χ3n) is 7.38. The van der Waals surface area contributed by atoms with Gasteiger partial charge in [-0.2, -0.15) is 0 Å². The molecule has 0 saturated carbocycles. The molecule has 3 aromatic heterocycles. The van der Waals surface area contributed by atoms with Crippen molar-refractivity contribution in [3.05, 3.63) is 114 Å². The van der Waals surface area contributed by atoms with Crippen LogP contribution in [0, 0.1) is 12.8 Å². The summed E-state index contributed by atoms with van der Waals surface area (Å²) in [5.41, 5.74) is 4.73. The Morgan fingerprint density at radius 1 is 0.925 bits per heavy atom. The van der Waals surface area contributed by atoms with Crippen LogP contribution in [0.15, 0.2) is 103 Å². The number of aliphatic imine (C=N–C) groups is 1. The first-order chi connectivity index (χ1) is 19.7. The van der Waals surface area contributed by atoms with Crippen LogP contribution in [0.25, 0.3) is 11.0 Å². The smallest absolute Gasteiger partial charge is 0.232 e. The van der Waals surface area contributed by atoms with Gasteiger partial charge >= 0.3 is 0 Å². The summed E-state index contributed by atoms with van der Waals surface area (Å²) in [5.74, 6) is 1.45. The molecule has 1 aliphatic heterocycles. The number of benzene rings is 2. The molecule has 2 aromatic carbocycles. The fourth-order valence-corrected chi connectivity index (χ4v) is 5.23. The highest BCUT2D eigenvalue weighted by molar-refractivity contribution is 6.13. The molecule has 8 heteroatoms. The van der Waals surface area contributed by atoms with Gasteiger partial charge in [0.15, 0.2) is 0 Å². The van der Waals surface area contributed by atoms with E-state index >= 15 is 0 Å². The van der Waals surface area contributed by atoms with Crippen LogP contribution in [0.4, 0.5) is 11.6 Å².